The van der Waals surface area contributed by atoms with Crippen LogP contribution in [0, 0.1) is 13.8 Å². The van der Waals surface area contributed by atoms with E-state index in [0.29, 0.717) is 16.3 Å². The van der Waals surface area contributed by atoms with Gasteiger partial charge in [0.15, 0.2) is 5.11 Å². The topological polar surface area (TPSA) is 61.4 Å². The van der Waals surface area contributed by atoms with Crippen LogP contribution in [0.4, 0.5) is 5.69 Å². The normalized spacial score (nSPS) is 10.1. The maximum Gasteiger partial charge on any atom is 0.257 e. The second-order valence-electron chi connectivity index (χ2n) is 4.95. The molecule has 22 heavy (non-hydrogen) atoms. The minimum atomic E-state index is -0.308. The van der Waals surface area contributed by atoms with E-state index in [0.717, 1.165) is 11.1 Å². The van der Waals surface area contributed by atoms with Crippen LogP contribution in [-0.4, -0.2) is 16.1 Å². The zero-order valence-electron chi connectivity index (χ0n) is 12.1. The summed E-state index contributed by atoms with van der Waals surface area (Å²) in [6, 6.07) is 10.1. The summed E-state index contributed by atoms with van der Waals surface area (Å²) < 4.78 is 0. The second kappa shape index (κ2) is 6.77. The molecule has 0 heterocycles. The highest BCUT2D eigenvalue weighted by molar-refractivity contribution is 7.80. The summed E-state index contributed by atoms with van der Waals surface area (Å²) in [6.07, 6.45) is 0. The van der Waals surface area contributed by atoms with E-state index in [4.69, 9.17) is 23.8 Å². The van der Waals surface area contributed by atoms with Crippen LogP contribution in [0.1, 0.15) is 21.5 Å². The Labute approximate surface area is 139 Å². The van der Waals surface area contributed by atoms with Crippen molar-refractivity contribution in [3.8, 4) is 5.75 Å². The second-order valence-corrected chi connectivity index (χ2v) is 5.79. The van der Waals surface area contributed by atoms with Crippen molar-refractivity contribution in [3.05, 3.63) is 58.1 Å². The van der Waals surface area contributed by atoms with Gasteiger partial charge in [-0.25, -0.2) is 0 Å². The third-order valence-electron chi connectivity index (χ3n) is 2.92. The van der Waals surface area contributed by atoms with Gasteiger partial charge in [0.2, 0.25) is 0 Å². The molecule has 0 aliphatic carbocycles. The molecule has 3 N–H and O–H groups in total. The summed E-state index contributed by atoms with van der Waals surface area (Å²) in [5.74, 6) is -0.353. The number of phenols is 1. The Bertz CT molecular complexity index is 727. The fourth-order valence-electron chi connectivity index (χ4n) is 2.05. The number of benzene rings is 2. The van der Waals surface area contributed by atoms with Crippen LogP contribution in [0.5, 0.6) is 5.75 Å². The van der Waals surface area contributed by atoms with E-state index in [-0.39, 0.29) is 16.8 Å². The van der Waals surface area contributed by atoms with Crippen LogP contribution in [0.3, 0.4) is 0 Å². The van der Waals surface area contributed by atoms with E-state index in [1.54, 1.807) is 24.3 Å². The van der Waals surface area contributed by atoms with E-state index < -0.39 is 0 Å². The highest BCUT2D eigenvalue weighted by atomic mass is 35.5. The zero-order chi connectivity index (χ0) is 16.3. The van der Waals surface area contributed by atoms with Gasteiger partial charge in [-0.15, -0.1) is 0 Å². The van der Waals surface area contributed by atoms with Gasteiger partial charge < -0.3 is 10.4 Å². The quantitative estimate of drug-likeness (QED) is 0.577. The highest BCUT2D eigenvalue weighted by Gasteiger charge is 2.10. The summed E-state index contributed by atoms with van der Waals surface area (Å²) >= 11 is 10.8. The average molecular weight is 335 g/mol. The number of aryl methyl sites for hydroxylation is 2. The average Bonchev–Trinajstić information content (AvgIpc) is 2.40. The summed E-state index contributed by atoms with van der Waals surface area (Å²) in [6.45, 7) is 3.85. The molecule has 0 atom stereocenters. The number of anilines is 1. The van der Waals surface area contributed by atoms with E-state index in [9.17, 15) is 9.90 Å². The summed E-state index contributed by atoms with van der Waals surface area (Å²) in [7, 11) is 0. The first-order valence-corrected chi connectivity index (χ1v) is 7.33. The standard InChI is InChI=1S/C16H15ClN2O2S/c1-9-5-10(2)7-11(6-9)15(21)19-16(22)18-13-4-3-12(17)8-14(13)20/h3-8,20H,1-2H3,(H2,18,19,21,22). The van der Waals surface area contributed by atoms with E-state index in [2.05, 4.69) is 10.6 Å². The number of aromatic hydroxyl groups is 1. The molecule has 4 nitrogen and oxygen atoms in total. The van der Waals surface area contributed by atoms with Crippen LogP contribution in [-0.2, 0) is 0 Å². The van der Waals surface area contributed by atoms with E-state index in [1.165, 1.54) is 6.07 Å². The number of hydrogen-bond donors (Lipinski definition) is 3. The number of thiocarbonyl (C=S) groups is 1. The van der Waals surface area contributed by atoms with Crippen LogP contribution >= 0.6 is 23.8 Å². The summed E-state index contributed by atoms with van der Waals surface area (Å²) in [5.41, 5.74) is 2.90. The number of carbonyl (C=O) groups excluding carboxylic acids is 1. The molecule has 0 aromatic heterocycles. The Morgan fingerprint density at radius 2 is 1.77 bits per heavy atom. The van der Waals surface area contributed by atoms with Crippen molar-refractivity contribution < 1.29 is 9.90 Å². The third kappa shape index (κ3) is 4.19. The molecule has 1 amide bonds. The van der Waals surface area contributed by atoms with Crippen LogP contribution in [0.15, 0.2) is 36.4 Å². The van der Waals surface area contributed by atoms with Gasteiger partial charge in [0.25, 0.3) is 5.91 Å². The SMILES string of the molecule is Cc1cc(C)cc(C(=O)NC(=S)Nc2ccc(Cl)cc2O)c1. The first-order valence-electron chi connectivity index (χ1n) is 6.54. The Kier molecular flexibility index (Phi) is 5.00. The fraction of sp³-hybridized carbons (Fsp3) is 0.125. The molecule has 2 aromatic rings. The fourth-order valence-corrected chi connectivity index (χ4v) is 2.41. The van der Waals surface area contributed by atoms with Crippen molar-refractivity contribution in [1.29, 1.82) is 0 Å². The molecular weight excluding hydrogens is 320 g/mol. The highest BCUT2D eigenvalue weighted by Crippen LogP contribution is 2.26. The predicted molar refractivity (Wildman–Crippen MR) is 92.7 cm³/mol. The molecule has 0 saturated heterocycles. The van der Waals surface area contributed by atoms with Crippen molar-refractivity contribution in [3.63, 3.8) is 0 Å². The number of phenolic OH excluding ortho intramolecular Hbond substituents is 1. The molecule has 0 fully saturated rings. The molecule has 2 rings (SSSR count). The molecule has 114 valence electrons. The van der Waals surface area contributed by atoms with Crippen molar-refractivity contribution >= 4 is 40.5 Å². The van der Waals surface area contributed by atoms with Gasteiger partial charge in [0, 0.05) is 16.7 Å². The van der Waals surface area contributed by atoms with Gasteiger partial charge >= 0.3 is 0 Å². The molecule has 0 unspecified atom stereocenters. The van der Waals surface area contributed by atoms with Crippen molar-refractivity contribution in [1.82, 2.24) is 5.32 Å². The number of rotatable bonds is 2. The van der Waals surface area contributed by atoms with Gasteiger partial charge in [-0.05, 0) is 50.3 Å². The van der Waals surface area contributed by atoms with Gasteiger partial charge in [-0.1, -0.05) is 28.8 Å². The zero-order valence-corrected chi connectivity index (χ0v) is 13.7. The molecular formula is C16H15ClN2O2S. The summed E-state index contributed by atoms with van der Waals surface area (Å²) in [4.78, 5) is 12.2. The lowest BCUT2D eigenvalue weighted by molar-refractivity contribution is 0.0977. The summed E-state index contributed by atoms with van der Waals surface area (Å²) in [5, 5.41) is 15.6. The first-order chi connectivity index (χ1) is 10.3. The minimum absolute atomic E-state index is 0.0458. The van der Waals surface area contributed by atoms with Gasteiger partial charge in [0.05, 0.1) is 5.69 Å². The maximum absolute atomic E-state index is 12.2. The monoisotopic (exact) mass is 334 g/mol. The number of hydrogen-bond acceptors (Lipinski definition) is 3. The minimum Gasteiger partial charge on any atom is -0.506 e. The van der Waals surface area contributed by atoms with Gasteiger partial charge in [-0.3, -0.25) is 10.1 Å². The number of nitrogens with one attached hydrogen (secondary N) is 2. The molecule has 2 aromatic carbocycles. The lowest BCUT2D eigenvalue weighted by Crippen LogP contribution is -2.34. The molecule has 6 heteroatoms. The molecule has 0 aliphatic heterocycles. The lowest BCUT2D eigenvalue weighted by Gasteiger charge is -2.11. The number of amides is 1. The van der Waals surface area contributed by atoms with Crippen molar-refractivity contribution in [2.24, 2.45) is 0 Å². The number of halogens is 1. The van der Waals surface area contributed by atoms with Gasteiger partial charge in [0.1, 0.15) is 5.75 Å². The Balaban J connectivity index is 2.06. The smallest absolute Gasteiger partial charge is 0.257 e. The van der Waals surface area contributed by atoms with E-state index >= 15 is 0 Å². The van der Waals surface area contributed by atoms with Crippen LogP contribution in [0.2, 0.25) is 5.02 Å². The Hall–Kier alpha value is -2.11. The lowest BCUT2D eigenvalue weighted by atomic mass is 10.1. The molecule has 0 bridgehead atoms. The van der Waals surface area contributed by atoms with Crippen molar-refractivity contribution in [2.75, 3.05) is 5.32 Å². The Morgan fingerprint density at radius 3 is 2.36 bits per heavy atom. The first kappa shape index (κ1) is 16.3. The molecule has 0 spiro atoms. The molecule has 0 aliphatic rings. The van der Waals surface area contributed by atoms with Crippen LogP contribution in [0.25, 0.3) is 0 Å². The number of carbonyl (C=O) groups is 1. The van der Waals surface area contributed by atoms with E-state index in [1.807, 2.05) is 19.9 Å². The third-order valence-corrected chi connectivity index (χ3v) is 3.36. The Morgan fingerprint density at radius 1 is 1.14 bits per heavy atom. The van der Waals surface area contributed by atoms with Crippen LogP contribution < -0.4 is 10.6 Å². The van der Waals surface area contributed by atoms with Gasteiger partial charge in [-0.2, -0.15) is 0 Å². The molecule has 0 radical (unpaired) electrons. The maximum atomic E-state index is 12.2. The predicted octanol–water partition coefficient (Wildman–Crippen LogP) is 3.79. The molecule has 0 saturated carbocycles. The largest absolute Gasteiger partial charge is 0.506 e. The van der Waals surface area contributed by atoms with Crippen molar-refractivity contribution in [2.45, 2.75) is 13.8 Å².